The van der Waals surface area contributed by atoms with Crippen molar-refractivity contribution < 1.29 is 18.8 Å². The Morgan fingerprint density at radius 1 is 1.23 bits per heavy atom. The van der Waals surface area contributed by atoms with Gasteiger partial charge in [0.05, 0.1) is 23.4 Å². The minimum Gasteiger partial charge on any atom is -0.462 e. The van der Waals surface area contributed by atoms with Gasteiger partial charge in [0.25, 0.3) is 0 Å². The zero-order valence-corrected chi connectivity index (χ0v) is 16.9. The maximum Gasteiger partial charge on any atom is 0.496 e. The number of ether oxygens (including phenoxy) is 1. The fourth-order valence-electron chi connectivity index (χ4n) is 2.80. The van der Waals surface area contributed by atoms with Crippen molar-refractivity contribution in [2.45, 2.75) is 52.7 Å². The lowest BCUT2D eigenvalue weighted by atomic mass is 9.78. The molecule has 0 bridgehead atoms. The van der Waals surface area contributed by atoms with Gasteiger partial charge in [0, 0.05) is 27.6 Å². The van der Waals surface area contributed by atoms with Crippen LogP contribution in [0.2, 0.25) is 5.02 Å². The molecule has 26 heavy (non-hydrogen) atoms. The van der Waals surface area contributed by atoms with Crippen molar-refractivity contribution >= 4 is 41.1 Å². The number of benzene rings is 1. The molecule has 3 rings (SSSR count). The highest BCUT2D eigenvalue weighted by Crippen LogP contribution is 2.37. The topological polar surface area (TPSA) is 60.6 Å². The van der Waals surface area contributed by atoms with E-state index in [0.29, 0.717) is 22.7 Å². The third-order valence-electron chi connectivity index (χ3n) is 5.07. The van der Waals surface area contributed by atoms with E-state index in [-0.39, 0.29) is 11.9 Å². The molecule has 5 nitrogen and oxygen atoms in total. The fraction of sp³-hybridized carbons (Fsp3) is 0.526. The number of hydrogen-bond donors (Lipinski definition) is 1. The van der Waals surface area contributed by atoms with Crippen LogP contribution < -0.4 is 5.46 Å². The van der Waals surface area contributed by atoms with Crippen molar-refractivity contribution in [3.05, 3.63) is 28.9 Å². The molecule has 1 aromatic carbocycles. The lowest BCUT2D eigenvalue weighted by molar-refractivity contribution is 0.00578. The highest BCUT2D eigenvalue weighted by atomic mass is 35.5. The van der Waals surface area contributed by atoms with Crippen LogP contribution in [0.15, 0.2) is 18.3 Å². The van der Waals surface area contributed by atoms with Crippen LogP contribution in [0.3, 0.4) is 0 Å². The standard InChI is InChI=1S/C19H25BClNO4/c1-11(2)10-24-17(23)13-9-22-16-8-15(21)14(7-12(13)16)20-25-18(3,4)19(5,6)26-20/h7-9,11,22H,10H2,1-6H3. The van der Waals surface area contributed by atoms with Crippen molar-refractivity contribution in [2.75, 3.05) is 6.61 Å². The molecular weight excluding hydrogens is 352 g/mol. The van der Waals surface area contributed by atoms with Gasteiger partial charge in [-0.25, -0.2) is 4.79 Å². The summed E-state index contributed by atoms with van der Waals surface area (Å²) < 4.78 is 17.6. The van der Waals surface area contributed by atoms with E-state index in [1.165, 1.54) is 0 Å². The van der Waals surface area contributed by atoms with Crippen LogP contribution in [0, 0.1) is 5.92 Å². The lowest BCUT2D eigenvalue weighted by Gasteiger charge is -2.32. The highest BCUT2D eigenvalue weighted by molar-refractivity contribution is 6.66. The SMILES string of the molecule is CC(C)COC(=O)c1c[nH]c2cc(Cl)c(B3OC(C)(C)C(C)(C)O3)cc12. The number of aromatic nitrogens is 1. The summed E-state index contributed by atoms with van der Waals surface area (Å²) in [5.41, 5.74) is 1.03. The number of aromatic amines is 1. The second kappa shape index (κ2) is 6.59. The number of fused-ring (bicyclic) bond motifs is 1. The first kappa shape index (κ1) is 19.3. The van der Waals surface area contributed by atoms with Crippen LogP contribution in [0.5, 0.6) is 0 Å². The van der Waals surface area contributed by atoms with E-state index in [0.717, 1.165) is 10.9 Å². The minimum atomic E-state index is -0.591. The molecule has 0 saturated carbocycles. The summed E-state index contributed by atoms with van der Waals surface area (Å²) in [5, 5.41) is 1.27. The van der Waals surface area contributed by atoms with Crippen LogP contribution in [0.1, 0.15) is 51.9 Å². The molecule has 1 aromatic heterocycles. The molecule has 0 unspecified atom stereocenters. The van der Waals surface area contributed by atoms with Crippen molar-refractivity contribution in [2.24, 2.45) is 5.92 Å². The predicted octanol–water partition coefficient (Wildman–Crippen LogP) is 3.93. The Hall–Kier alpha value is -1.50. The smallest absolute Gasteiger partial charge is 0.462 e. The van der Waals surface area contributed by atoms with Gasteiger partial charge in [-0.05, 0) is 39.7 Å². The minimum absolute atomic E-state index is 0.277. The van der Waals surface area contributed by atoms with Crippen molar-refractivity contribution in [3.63, 3.8) is 0 Å². The third-order valence-corrected chi connectivity index (χ3v) is 5.40. The van der Waals surface area contributed by atoms with Gasteiger partial charge in [-0.3, -0.25) is 0 Å². The Morgan fingerprint density at radius 2 is 1.85 bits per heavy atom. The molecule has 1 saturated heterocycles. The zero-order chi connectivity index (χ0) is 19.3. The number of carbonyl (C=O) groups is 1. The molecule has 1 fully saturated rings. The number of hydrogen-bond acceptors (Lipinski definition) is 4. The first-order chi connectivity index (χ1) is 12.0. The number of nitrogens with one attached hydrogen (secondary N) is 1. The number of halogens is 1. The van der Waals surface area contributed by atoms with Gasteiger partial charge in [0.1, 0.15) is 0 Å². The molecule has 7 heteroatoms. The average molecular weight is 378 g/mol. The summed E-state index contributed by atoms with van der Waals surface area (Å²) in [6.07, 6.45) is 1.65. The Morgan fingerprint density at radius 3 is 2.42 bits per heavy atom. The van der Waals surface area contributed by atoms with Gasteiger partial charge in [-0.2, -0.15) is 0 Å². The largest absolute Gasteiger partial charge is 0.496 e. The van der Waals surface area contributed by atoms with Crippen LogP contribution in [0.4, 0.5) is 0 Å². The first-order valence-corrected chi connectivity index (χ1v) is 9.23. The van der Waals surface area contributed by atoms with Crippen LogP contribution in [-0.2, 0) is 14.0 Å². The summed E-state index contributed by atoms with van der Waals surface area (Å²) in [4.78, 5) is 15.5. The van der Waals surface area contributed by atoms with Crippen LogP contribution in [0.25, 0.3) is 10.9 Å². The summed E-state index contributed by atoms with van der Waals surface area (Å²) >= 11 is 6.46. The van der Waals surface area contributed by atoms with Crippen LogP contribution >= 0.6 is 11.6 Å². The van der Waals surface area contributed by atoms with E-state index >= 15 is 0 Å². The molecule has 0 radical (unpaired) electrons. The van der Waals surface area contributed by atoms with E-state index in [1.54, 1.807) is 12.3 Å². The summed E-state index contributed by atoms with van der Waals surface area (Å²) in [6.45, 7) is 12.3. The maximum absolute atomic E-state index is 12.4. The molecule has 2 aromatic rings. The molecule has 2 heterocycles. The van der Waals surface area contributed by atoms with E-state index in [4.69, 9.17) is 25.6 Å². The predicted molar refractivity (Wildman–Crippen MR) is 104 cm³/mol. The Balaban J connectivity index is 1.97. The molecule has 0 spiro atoms. The summed E-state index contributed by atoms with van der Waals surface area (Å²) in [6, 6.07) is 3.64. The fourth-order valence-corrected chi connectivity index (χ4v) is 3.05. The van der Waals surface area contributed by atoms with Gasteiger partial charge < -0.3 is 19.0 Å². The van der Waals surface area contributed by atoms with E-state index < -0.39 is 18.3 Å². The Labute approximate surface area is 159 Å². The molecule has 1 aliphatic rings. The van der Waals surface area contributed by atoms with Crippen LogP contribution in [-0.4, -0.2) is 35.9 Å². The van der Waals surface area contributed by atoms with Gasteiger partial charge in [0.15, 0.2) is 0 Å². The summed E-state index contributed by atoms with van der Waals surface area (Å²) in [5.74, 6) is -0.0777. The maximum atomic E-state index is 12.4. The van der Waals surface area contributed by atoms with Gasteiger partial charge in [-0.1, -0.05) is 31.5 Å². The zero-order valence-electron chi connectivity index (χ0n) is 16.1. The monoisotopic (exact) mass is 377 g/mol. The number of esters is 1. The summed E-state index contributed by atoms with van der Waals surface area (Å²) in [7, 11) is -0.591. The molecule has 0 amide bonds. The molecule has 0 aliphatic carbocycles. The van der Waals surface area contributed by atoms with E-state index in [2.05, 4.69) is 4.98 Å². The normalized spacial score (nSPS) is 18.7. The average Bonchev–Trinajstić information content (AvgIpc) is 3.01. The van der Waals surface area contributed by atoms with E-state index in [1.807, 2.05) is 47.6 Å². The second-order valence-electron chi connectivity index (χ2n) is 8.20. The number of rotatable bonds is 4. The van der Waals surface area contributed by atoms with Crippen molar-refractivity contribution in [3.8, 4) is 0 Å². The lowest BCUT2D eigenvalue weighted by Crippen LogP contribution is -2.41. The highest BCUT2D eigenvalue weighted by Gasteiger charge is 2.52. The second-order valence-corrected chi connectivity index (χ2v) is 8.61. The molecule has 1 N–H and O–H groups in total. The molecular formula is C19H25BClNO4. The molecule has 1 aliphatic heterocycles. The van der Waals surface area contributed by atoms with Gasteiger partial charge in [-0.15, -0.1) is 0 Å². The Kier molecular flexibility index (Phi) is 4.88. The third kappa shape index (κ3) is 3.38. The van der Waals surface area contributed by atoms with Crippen molar-refractivity contribution in [1.82, 2.24) is 4.98 Å². The first-order valence-electron chi connectivity index (χ1n) is 8.85. The molecule has 0 atom stereocenters. The van der Waals surface area contributed by atoms with Crippen molar-refractivity contribution in [1.29, 1.82) is 0 Å². The Bertz CT molecular complexity index is 827. The number of carbonyl (C=O) groups excluding carboxylic acids is 1. The number of H-pyrrole nitrogens is 1. The van der Waals surface area contributed by atoms with Gasteiger partial charge >= 0.3 is 13.1 Å². The molecule has 140 valence electrons. The quantitative estimate of drug-likeness (QED) is 0.648. The van der Waals surface area contributed by atoms with Gasteiger partial charge in [0.2, 0.25) is 0 Å². The van der Waals surface area contributed by atoms with E-state index in [9.17, 15) is 4.79 Å².